The molecule has 0 fully saturated rings. The van der Waals surface area contributed by atoms with Crippen molar-refractivity contribution in [1.29, 1.82) is 0 Å². The maximum Gasteiger partial charge on any atom is 0.212 e. The van der Waals surface area contributed by atoms with Crippen molar-refractivity contribution < 1.29 is 9.36 Å². The maximum atomic E-state index is 10.9. The number of ketones is 1. The minimum absolute atomic E-state index is 0.232. The number of carbonyl (C=O) groups excluding carboxylic acids is 1. The Morgan fingerprint density at radius 3 is 2.73 bits per heavy atom. The number of Topliss-reactive ketones (excluding diaryl/α,β-unsaturated/α-hetero) is 1. The van der Waals surface area contributed by atoms with Gasteiger partial charge in [-0.05, 0) is 19.1 Å². The molecule has 0 aliphatic carbocycles. The second-order valence-corrected chi connectivity index (χ2v) is 3.71. The van der Waals surface area contributed by atoms with Gasteiger partial charge >= 0.3 is 0 Å². The quantitative estimate of drug-likeness (QED) is 0.695. The molecular weight excluding hydrogens is 186 g/mol. The van der Waals surface area contributed by atoms with Crippen LogP contribution < -0.4 is 4.57 Å². The summed E-state index contributed by atoms with van der Waals surface area (Å²) in [5.74, 6) is 0.232. The van der Waals surface area contributed by atoms with Gasteiger partial charge in [0.2, 0.25) is 5.52 Å². The van der Waals surface area contributed by atoms with E-state index in [2.05, 4.69) is 22.8 Å². The lowest BCUT2D eigenvalue weighted by Gasteiger charge is -1.99. The van der Waals surface area contributed by atoms with Crippen molar-refractivity contribution >= 4 is 16.7 Å². The first-order valence-electron chi connectivity index (χ1n) is 5.14. The third-order valence-corrected chi connectivity index (χ3v) is 2.49. The first-order chi connectivity index (χ1) is 7.27. The van der Waals surface area contributed by atoms with Crippen LogP contribution in [0.5, 0.6) is 0 Å². The molecule has 1 aromatic heterocycles. The lowest BCUT2D eigenvalue weighted by atomic mass is 10.2. The van der Waals surface area contributed by atoms with Gasteiger partial charge in [0.05, 0.1) is 6.42 Å². The van der Waals surface area contributed by atoms with Crippen molar-refractivity contribution in [3.63, 3.8) is 0 Å². The Labute approximate surface area is 89.2 Å². The standard InChI is InChI=1S/C13H14NO/c1-11(15)8-10-14-9-4-6-12-5-2-3-7-13(12)14/h2-7,9H,8,10H2,1H3/q+1. The zero-order chi connectivity index (χ0) is 10.7. The van der Waals surface area contributed by atoms with Crippen molar-refractivity contribution in [2.75, 3.05) is 0 Å². The molecule has 1 heterocycles. The summed E-state index contributed by atoms with van der Waals surface area (Å²) in [5.41, 5.74) is 1.18. The molecule has 0 aliphatic heterocycles. The summed E-state index contributed by atoms with van der Waals surface area (Å²) in [5, 5.41) is 1.21. The molecule has 15 heavy (non-hydrogen) atoms. The monoisotopic (exact) mass is 200 g/mol. The smallest absolute Gasteiger partial charge is 0.212 e. The van der Waals surface area contributed by atoms with Crippen molar-refractivity contribution in [1.82, 2.24) is 0 Å². The highest BCUT2D eigenvalue weighted by Gasteiger charge is 2.07. The zero-order valence-corrected chi connectivity index (χ0v) is 8.81. The lowest BCUT2D eigenvalue weighted by Crippen LogP contribution is -2.34. The SMILES string of the molecule is CC(=O)CC[n+]1cccc2ccccc21. The summed E-state index contributed by atoms with van der Waals surface area (Å²) in [6.45, 7) is 2.39. The molecule has 1 aromatic carbocycles. The number of para-hydroxylation sites is 1. The van der Waals surface area contributed by atoms with Crippen LogP contribution >= 0.6 is 0 Å². The Morgan fingerprint density at radius 2 is 1.93 bits per heavy atom. The average molecular weight is 200 g/mol. The van der Waals surface area contributed by atoms with E-state index >= 15 is 0 Å². The van der Waals surface area contributed by atoms with Crippen LogP contribution in [0, 0.1) is 0 Å². The summed E-state index contributed by atoms with van der Waals surface area (Å²) in [4.78, 5) is 10.9. The third-order valence-electron chi connectivity index (χ3n) is 2.49. The van der Waals surface area contributed by atoms with Gasteiger partial charge in [-0.2, -0.15) is 4.57 Å². The van der Waals surface area contributed by atoms with Gasteiger partial charge in [-0.3, -0.25) is 4.79 Å². The van der Waals surface area contributed by atoms with Crippen molar-refractivity contribution in [2.24, 2.45) is 0 Å². The summed E-state index contributed by atoms with van der Waals surface area (Å²) in [6.07, 6.45) is 2.62. The van der Waals surface area contributed by atoms with Crippen LogP contribution in [0.25, 0.3) is 10.9 Å². The predicted molar refractivity (Wildman–Crippen MR) is 59.4 cm³/mol. The topological polar surface area (TPSA) is 20.9 Å². The van der Waals surface area contributed by atoms with E-state index in [4.69, 9.17) is 0 Å². The highest BCUT2D eigenvalue weighted by Crippen LogP contribution is 2.07. The third kappa shape index (κ3) is 2.21. The summed E-state index contributed by atoms with van der Waals surface area (Å²) in [6, 6.07) is 12.3. The lowest BCUT2D eigenvalue weighted by molar-refractivity contribution is -0.670. The van der Waals surface area contributed by atoms with Gasteiger partial charge in [-0.15, -0.1) is 0 Å². The fourth-order valence-electron chi connectivity index (χ4n) is 1.69. The first kappa shape index (κ1) is 9.84. The van der Waals surface area contributed by atoms with Crippen LogP contribution in [-0.2, 0) is 11.3 Å². The van der Waals surface area contributed by atoms with Gasteiger partial charge < -0.3 is 0 Å². The largest absolute Gasteiger partial charge is 0.300 e. The van der Waals surface area contributed by atoms with E-state index in [1.165, 1.54) is 10.9 Å². The number of nitrogens with zero attached hydrogens (tertiary/aromatic N) is 1. The minimum Gasteiger partial charge on any atom is -0.300 e. The predicted octanol–water partition coefficient (Wildman–Crippen LogP) is 2.11. The van der Waals surface area contributed by atoms with Crippen LogP contribution in [0.4, 0.5) is 0 Å². The normalized spacial score (nSPS) is 10.5. The molecule has 76 valence electrons. The Hall–Kier alpha value is -1.70. The number of benzene rings is 1. The highest BCUT2D eigenvalue weighted by atomic mass is 16.1. The summed E-state index contributed by atoms with van der Waals surface area (Å²) in [7, 11) is 0. The molecule has 0 radical (unpaired) electrons. The van der Waals surface area contributed by atoms with Crippen molar-refractivity contribution in [2.45, 2.75) is 19.9 Å². The van der Waals surface area contributed by atoms with Crippen LogP contribution in [0.2, 0.25) is 0 Å². The van der Waals surface area contributed by atoms with Crippen LogP contribution in [0.1, 0.15) is 13.3 Å². The molecule has 2 aromatic rings. The number of carbonyl (C=O) groups is 1. The van der Waals surface area contributed by atoms with Crippen LogP contribution in [-0.4, -0.2) is 5.78 Å². The summed E-state index contributed by atoms with van der Waals surface area (Å²) >= 11 is 0. The molecule has 0 amide bonds. The van der Waals surface area contributed by atoms with Gasteiger partial charge in [0, 0.05) is 17.5 Å². The number of aromatic nitrogens is 1. The fraction of sp³-hybridized carbons (Fsp3) is 0.231. The van der Waals surface area contributed by atoms with Crippen LogP contribution in [0.15, 0.2) is 42.6 Å². The van der Waals surface area contributed by atoms with E-state index < -0.39 is 0 Å². The Balaban J connectivity index is 2.38. The molecule has 0 spiro atoms. The number of aryl methyl sites for hydroxylation is 1. The van der Waals surface area contributed by atoms with E-state index in [1.807, 2.05) is 24.4 Å². The second kappa shape index (κ2) is 4.22. The molecule has 0 bridgehead atoms. The van der Waals surface area contributed by atoms with Gasteiger partial charge in [0.1, 0.15) is 5.78 Å². The van der Waals surface area contributed by atoms with Gasteiger partial charge in [0.25, 0.3) is 0 Å². The van der Waals surface area contributed by atoms with Gasteiger partial charge in [-0.1, -0.05) is 12.1 Å². The molecule has 0 unspecified atom stereocenters. The Kier molecular flexibility index (Phi) is 2.77. The number of fused-ring (bicyclic) bond motifs is 1. The van der Waals surface area contributed by atoms with E-state index in [0.29, 0.717) is 6.42 Å². The van der Waals surface area contributed by atoms with Crippen LogP contribution in [0.3, 0.4) is 0 Å². The fourth-order valence-corrected chi connectivity index (χ4v) is 1.69. The number of rotatable bonds is 3. The van der Waals surface area contributed by atoms with Crippen molar-refractivity contribution in [3.05, 3.63) is 42.6 Å². The maximum absolute atomic E-state index is 10.9. The average Bonchev–Trinajstić information content (AvgIpc) is 2.26. The molecule has 2 rings (SSSR count). The molecule has 0 aliphatic rings. The van der Waals surface area contributed by atoms with Gasteiger partial charge in [0.15, 0.2) is 12.7 Å². The van der Waals surface area contributed by atoms with E-state index in [-0.39, 0.29) is 5.78 Å². The second-order valence-electron chi connectivity index (χ2n) is 3.71. The van der Waals surface area contributed by atoms with Crippen molar-refractivity contribution in [3.8, 4) is 0 Å². The number of hydrogen-bond donors (Lipinski definition) is 0. The highest BCUT2D eigenvalue weighted by molar-refractivity contribution is 5.76. The summed E-state index contributed by atoms with van der Waals surface area (Å²) < 4.78 is 2.12. The van der Waals surface area contributed by atoms with E-state index in [9.17, 15) is 4.79 Å². The minimum atomic E-state index is 0.232. The molecular formula is C13H14NO+. The molecule has 0 saturated carbocycles. The van der Waals surface area contributed by atoms with E-state index in [1.54, 1.807) is 6.92 Å². The molecule has 0 N–H and O–H groups in total. The molecule has 2 heteroatoms. The number of hydrogen-bond acceptors (Lipinski definition) is 1. The molecule has 0 saturated heterocycles. The molecule has 2 nitrogen and oxygen atoms in total. The Bertz CT molecular complexity index is 485. The van der Waals surface area contributed by atoms with E-state index in [0.717, 1.165) is 6.54 Å². The Morgan fingerprint density at radius 1 is 1.20 bits per heavy atom. The zero-order valence-electron chi connectivity index (χ0n) is 8.81. The van der Waals surface area contributed by atoms with Gasteiger partial charge in [-0.25, -0.2) is 0 Å². The number of pyridine rings is 1. The first-order valence-corrected chi connectivity index (χ1v) is 5.14. The molecule has 0 atom stereocenters.